The van der Waals surface area contributed by atoms with E-state index in [4.69, 9.17) is 0 Å². The Labute approximate surface area is 309 Å². The van der Waals surface area contributed by atoms with Gasteiger partial charge in [-0.25, -0.2) is 9.98 Å². The Hall–Kier alpha value is -6.28. The first-order chi connectivity index (χ1) is 24.4. The topological polar surface area (TPSA) is 168 Å². The summed E-state index contributed by atoms with van der Waals surface area (Å²) in [7, 11) is 0. The summed E-state index contributed by atoms with van der Waals surface area (Å²) < 4.78 is 0. The average molecular weight is 860 g/mol. The van der Waals surface area contributed by atoms with Crippen LogP contribution >= 0.6 is 0 Å². The van der Waals surface area contributed by atoms with Gasteiger partial charge in [-0.1, -0.05) is 72.8 Å². The molecular formula is C40H24N6O4Pb. The van der Waals surface area contributed by atoms with Gasteiger partial charge in [0, 0.05) is 77.9 Å². The van der Waals surface area contributed by atoms with Crippen LogP contribution in [0.5, 0.6) is 0 Å². The minimum absolute atomic E-state index is 0. The van der Waals surface area contributed by atoms with Crippen LogP contribution in [0.25, 0.3) is 65.9 Å². The van der Waals surface area contributed by atoms with Crippen LogP contribution in [-0.2, 0) is 9.59 Å². The summed E-state index contributed by atoms with van der Waals surface area (Å²) in [6.45, 7) is 0. The number of H-pyrrole nitrogens is 4. The van der Waals surface area contributed by atoms with Crippen molar-refractivity contribution in [3.63, 3.8) is 0 Å². The molecule has 10 rings (SSSR count). The minimum atomic E-state index is -0.509. The second-order valence-electron chi connectivity index (χ2n) is 12.0. The molecule has 4 aromatic heterocycles. The number of para-hydroxylation sites is 4. The number of amides is 2. The number of rotatable bonds is 4. The van der Waals surface area contributed by atoms with Crippen molar-refractivity contribution < 1.29 is 19.8 Å². The second kappa shape index (κ2) is 12.6. The van der Waals surface area contributed by atoms with Crippen LogP contribution in [0.15, 0.2) is 131 Å². The Morgan fingerprint density at radius 3 is 0.922 bits per heavy atom. The van der Waals surface area contributed by atoms with Crippen LogP contribution in [-0.4, -0.2) is 70.8 Å². The van der Waals surface area contributed by atoms with Crippen LogP contribution in [0.4, 0.5) is 0 Å². The summed E-state index contributed by atoms with van der Waals surface area (Å²) in [6, 6.07) is 38.4. The zero-order chi connectivity index (χ0) is 33.9. The maximum atomic E-state index is 12.4. The molecule has 0 saturated carbocycles. The molecule has 2 aliphatic heterocycles. The zero-order valence-electron chi connectivity index (χ0n) is 26.6. The molecule has 51 heavy (non-hydrogen) atoms. The second-order valence-corrected chi connectivity index (χ2v) is 12.0. The molecule has 0 saturated heterocycles. The number of fused-ring (bicyclic) bond motifs is 4. The van der Waals surface area contributed by atoms with E-state index in [9.17, 15) is 19.8 Å². The molecule has 4 N–H and O–H groups in total. The van der Waals surface area contributed by atoms with Gasteiger partial charge in [-0.05, 0) is 48.5 Å². The molecule has 6 heterocycles. The molecule has 10 nitrogen and oxygen atoms in total. The van der Waals surface area contributed by atoms with Crippen LogP contribution < -0.4 is 10.2 Å². The Morgan fingerprint density at radius 1 is 0.392 bits per heavy atom. The molecule has 2 radical (unpaired) electrons. The Bertz CT molecular complexity index is 2520. The quantitative estimate of drug-likeness (QED) is 0.176. The number of nitrogens with zero attached hydrogens (tertiary/aromatic N) is 2. The molecule has 0 fully saturated rings. The van der Waals surface area contributed by atoms with Crippen molar-refractivity contribution in [2.24, 2.45) is 9.98 Å². The number of aromatic nitrogens is 4. The molecule has 0 bridgehead atoms. The summed E-state index contributed by atoms with van der Waals surface area (Å²) in [5.74, 6) is -2.04. The third-order valence-electron chi connectivity index (χ3n) is 8.96. The van der Waals surface area contributed by atoms with Crippen LogP contribution in [0.1, 0.15) is 22.8 Å². The molecular weight excluding hydrogens is 836 g/mol. The molecule has 242 valence electrons. The van der Waals surface area contributed by atoms with Gasteiger partial charge in [0.25, 0.3) is 11.8 Å². The maximum absolute atomic E-state index is 12.4. The fourth-order valence-electron chi connectivity index (χ4n) is 6.67. The van der Waals surface area contributed by atoms with Crippen LogP contribution in [0.2, 0.25) is 0 Å². The Kier molecular flexibility index (Phi) is 7.87. The average Bonchev–Trinajstić information content (AvgIpc) is 3.96. The predicted octanol–water partition coefficient (Wildman–Crippen LogP) is 5.34. The van der Waals surface area contributed by atoms with Gasteiger partial charge >= 0.3 is 27.3 Å². The van der Waals surface area contributed by atoms with Gasteiger partial charge in [0.05, 0.1) is 22.5 Å². The maximum Gasteiger partial charge on any atom is 2.00 e. The largest absolute Gasteiger partial charge is 2.00 e. The SMILES string of the molecule is O=C1N=C([O-])C(c2cc3ccccc3[nH]2)=C1c1cc2ccccc2[nH]1.O=C1N=C([O-])C(c2cc3ccccc3[nH]2)=C1c1cc2ccccc2[nH]1.[Pb+2]. The van der Waals surface area contributed by atoms with E-state index in [0.717, 1.165) is 43.6 Å². The summed E-state index contributed by atoms with van der Waals surface area (Å²) in [5, 5.41) is 28.7. The fraction of sp³-hybridized carbons (Fsp3) is 0. The van der Waals surface area contributed by atoms with Crippen molar-refractivity contribution in [3.8, 4) is 0 Å². The van der Waals surface area contributed by atoms with E-state index < -0.39 is 23.6 Å². The van der Waals surface area contributed by atoms with Crippen molar-refractivity contribution >= 4 is 117 Å². The van der Waals surface area contributed by atoms with E-state index in [1.54, 1.807) is 0 Å². The summed E-state index contributed by atoms with van der Waals surface area (Å²) >= 11 is 0. The molecule has 2 amide bonds. The van der Waals surface area contributed by atoms with Crippen LogP contribution in [0.3, 0.4) is 0 Å². The van der Waals surface area contributed by atoms with Crippen molar-refractivity contribution in [2.45, 2.75) is 0 Å². The van der Waals surface area contributed by atoms with Crippen molar-refractivity contribution in [3.05, 3.63) is 144 Å². The van der Waals surface area contributed by atoms with E-state index in [0.29, 0.717) is 45.1 Å². The molecule has 0 spiro atoms. The monoisotopic (exact) mass is 860 g/mol. The molecule has 11 heteroatoms. The third kappa shape index (κ3) is 5.49. The third-order valence-corrected chi connectivity index (χ3v) is 8.96. The van der Waals surface area contributed by atoms with E-state index >= 15 is 0 Å². The smallest absolute Gasteiger partial charge is 0.858 e. The van der Waals surface area contributed by atoms with E-state index in [1.807, 2.05) is 121 Å². The first-order valence-corrected chi connectivity index (χ1v) is 15.8. The number of carbonyl (C=O) groups is 2. The summed E-state index contributed by atoms with van der Waals surface area (Å²) in [5.41, 5.74) is 7.32. The Morgan fingerprint density at radius 2 is 0.647 bits per heavy atom. The first kappa shape index (κ1) is 32.0. The van der Waals surface area contributed by atoms with Gasteiger partial charge < -0.3 is 30.1 Å². The van der Waals surface area contributed by atoms with Gasteiger partial charge in [0.2, 0.25) is 0 Å². The van der Waals surface area contributed by atoms with Crippen molar-refractivity contribution in [2.75, 3.05) is 0 Å². The van der Waals surface area contributed by atoms with Gasteiger partial charge in [-0.15, -0.1) is 0 Å². The number of hydrogen-bond donors (Lipinski definition) is 4. The number of aromatic amines is 4. The number of benzene rings is 4. The minimum Gasteiger partial charge on any atom is -0.858 e. The van der Waals surface area contributed by atoms with E-state index in [-0.39, 0.29) is 27.3 Å². The van der Waals surface area contributed by atoms with E-state index in [2.05, 4.69) is 29.9 Å². The van der Waals surface area contributed by atoms with Gasteiger partial charge in [-0.2, -0.15) is 0 Å². The Balaban J connectivity index is 0.000000144. The number of carbonyl (C=O) groups excluding carboxylic acids is 2. The molecule has 4 aromatic carbocycles. The van der Waals surface area contributed by atoms with Crippen molar-refractivity contribution in [1.82, 2.24) is 19.9 Å². The number of nitrogens with one attached hydrogen (secondary N) is 4. The van der Waals surface area contributed by atoms with E-state index in [1.165, 1.54) is 0 Å². The predicted molar refractivity (Wildman–Crippen MR) is 197 cm³/mol. The normalized spacial score (nSPS) is 14.4. The number of aliphatic imine (C=N–C) groups is 2. The first-order valence-electron chi connectivity index (χ1n) is 15.8. The van der Waals surface area contributed by atoms with Crippen molar-refractivity contribution in [1.29, 1.82) is 0 Å². The molecule has 2 aliphatic rings. The van der Waals surface area contributed by atoms with Crippen LogP contribution in [0, 0.1) is 0 Å². The molecule has 0 aliphatic carbocycles. The number of hydrogen-bond acceptors (Lipinski definition) is 4. The molecule has 8 aromatic rings. The fourth-order valence-corrected chi connectivity index (χ4v) is 6.67. The standard InChI is InChI=1S/2C20H13N3O2.Pb/c2*24-19-17(15-9-11-5-1-3-7-13(11)21-15)18(20(25)23-19)16-10-12-6-2-4-8-14(12)22-16;/h2*1-10,21-22H,(H,23,24,25);/q;;+2/p-2. The molecule has 0 unspecified atom stereocenters. The van der Waals surface area contributed by atoms with Gasteiger partial charge in [-0.3, -0.25) is 9.59 Å². The zero-order valence-corrected chi connectivity index (χ0v) is 30.5. The van der Waals surface area contributed by atoms with Gasteiger partial charge in [0.15, 0.2) is 0 Å². The summed E-state index contributed by atoms with van der Waals surface area (Å²) in [6.07, 6.45) is 0. The summed E-state index contributed by atoms with van der Waals surface area (Å²) in [4.78, 5) is 44.9. The van der Waals surface area contributed by atoms with Gasteiger partial charge in [0.1, 0.15) is 0 Å². The molecule has 0 atom stereocenters.